The Morgan fingerprint density at radius 3 is 2.37 bits per heavy atom. The van der Waals surface area contributed by atoms with E-state index in [0.29, 0.717) is 12.1 Å². The number of hydrogen-bond donors (Lipinski definition) is 1. The van der Waals surface area contributed by atoms with Crippen LogP contribution in [-0.4, -0.2) is 26.2 Å². The number of nitrogens with zero attached hydrogens (tertiary/aromatic N) is 1. The minimum atomic E-state index is 0.394. The number of ether oxygens (including phenoxy) is 1. The molecule has 0 aliphatic heterocycles. The van der Waals surface area contributed by atoms with Gasteiger partial charge in [0.25, 0.3) is 0 Å². The molecule has 2 rings (SSSR count). The molecule has 1 aliphatic carbocycles. The summed E-state index contributed by atoms with van der Waals surface area (Å²) < 4.78 is 5.57. The van der Waals surface area contributed by atoms with E-state index in [4.69, 9.17) is 10.5 Å². The number of methoxy groups -OCH3 is 1. The van der Waals surface area contributed by atoms with Gasteiger partial charge >= 0.3 is 0 Å². The first-order chi connectivity index (χ1) is 9.02. The quantitative estimate of drug-likeness (QED) is 0.910. The van der Waals surface area contributed by atoms with Crippen molar-refractivity contribution in [3.63, 3.8) is 0 Å². The first-order valence-corrected chi connectivity index (χ1v) is 7.16. The van der Waals surface area contributed by atoms with Gasteiger partial charge in [-0.2, -0.15) is 0 Å². The zero-order valence-corrected chi connectivity index (χ0v) is 12.6. The van der Waals surface area contributed by atoms with Gasteiger partial charge in [0.1, 0.15) is 5.75 Å². The summed E-state index contributed by atoms with van der Waals surface area (Å²) in [5.74, 6) is 0.981. The Hall–Kier alpha value is -1.22. The molecule has 0 heterocycles. The van der Waals surface area contributed by atoms with Crippen molar-refractivity contribution in [2.75, 3.05) is 19.1 Å². The molecule has 1 fully saturated rings. The molecule has 3 nitrogen and oxygen atoms in total. The summed E-state index contributed by atoms with van der Waals surface area (Å²) in [5.41, 5.74) is 9.76. The van der Waals surface area contributed by atoms with Crippen molar-refractivity contribution in [3.8, 4) is 5.75 Å². The van der Waals surface area contributed by atoms with Crippen molar-refractivity contribution in [3.05, 3.63) is 23.3 Å². The zero-order chi connectivity index (χ0) is 14.0. The van der Waals surface area contributed by atoms with Gasteiger partial charge in [-0.25, -0.2) is 0 Å². The molecule has 3 heteroatoms. The molecular weight excluding hydrogens is 236 g/mol. The van der Waals surface area contributed by atoms with Crippen molar-refractivity contribution in [1.29, 1.82) is 0 Å². The van der Waals surface area contributed by atoms with Crippen LogP contribution in [0.15, 0.2) is 12.1 Å². The maximum absolute atomic E-state index is 6.00. The lowest BCUT2D eigenvalue weighted by Crippen LogP contribution is -2.39. The van der Waals surface area contributed by atoms with Crippen LogP contribution < -0.4 is 15.4 Å². The van der Waals surface area contributed by atoms with Gasteiger partial charge in [0, 0.05) is 19.1 Å². The molecule has 1 aliphatic rings. The molecule has 1 saturated carbocycles. The summed E-state index contributed by atoms with van der Waals surface area (Å²) in [6.07, 6.45) is 4.60. The second kappa shape index (κ2) is 5.83. The minimum absolute atomic E-state index is 0.394. The number of hydrogen-bond acceptors (Lipinski definition) is 3. The van der Waals surface area contributed by atoms with Gasteiger partial charge in [0.2, 0.25) is 0 Å². The molecule has 0 radical (unpaired) electrons. The Morgan fingerprint density at radius 2 is 1.79 bits per heavy atom. The summed E-state index contributed by atoms with van der Waals surface area (Å²) in [6, 6.07) is 5.32. The van der Waals surface area contributed by atoms with Gasteiger partial charge < -0.3 is 15.4 Å². The van der Waals surface area contributed by atoms with Crippen LogP contribution in [0.2, 0.25) is 0 Å². The van der Waals surface area contributed by atoms with Crippen LogP contribution in [0.4, 0.5) is 5.69 Å². The highest BCUT2D eigenvalue weighted by atomic mass is 16.5. The second-order valence-corrected chi connectivity index (χ2v) is 5.81. The van der Waals surface area contributed by atoms with E-state index in [1.54, 1.807) is 7.11 Å². The number of rotatable bonds is 3. The average molecular weight is 262 g/mol. The Kier molecular flexibility index (Phi) is 4.35. The summed E-state index contributed by atoms with van der Waals surface area (Å²) in [6.45, 7) is 4.27. The molecule has 0 spiro atoms. The van der Waals surface area contributed by atoms with Gasteiger partial charge in [0.15, 0.2) is 0 Å². The smallest absolute Gasteiger partial charge is 0.142 e. The van der Waals surface area contributed by atoms with E-state index in [0.717, 1.165) is 18.6 Å². The number of nitrogens with two attached hydrogens (primary N) is 1. The van der Waals surface area contributed by atoms with E-state index >= 15 is 0 Å². The number of anilines is 1. The van der Waals surface area contributed by atoms with Crippen LogP contribution in [-0.2, 0) is 0 Å². The summed E-state index contributed by atoms with van der Waals surface area (Å²) in [4.78, 5) is 2.39. The number of aryl methyl sites for hydroxylation is 2. The van der Waals surface area contributed by atoms with Gasteiger partial charge in [-0.05, 0) is 56.7 Å². The van der Waals surface area contributed by atoms with E-state index < -0.39 is 0 Å². The summed E-state index contributed by atoms with van der Waals surface area (Å²) >= 11 is 0. The van der Waals surface area contributed by atoms with Gasteiger partial charge in [0.05, 0.1) is 12.8 Å². The topological polar surface area (TPSA) is 38.5 Å². The van der Waals surface area contributed by atoms with Crippen LogP contribution >= 0.6 is 0 Å². The van der Waals surface area contributed by atoms with E-state index in [2.05, 4.69) is 37.9 Å². The normalized spacial score (nSPS) is 23.2. The van der Waals surface area contributed by atoms with E-state index in [9.17, 15) is 0 Å². The molecule has 0 aromatic heterocycles. The SMILES string of the molecule is COc1cc(C)cc(C)c1N(C)C1CCC(N)CC1. The molecule has 19 heavy (non-hydrogen) atoms. The minimum Gasteiger partial charge on any atom is -0.495 e. The lowest BCUT2D eigenvalue weighted by Gasteiger charge is -2.36. The standard InChI is InChI=1S/C16H26N2O/c1-11-9-12(2)16(15(10-11)19-4)18(3)14-7-5-13(17)6-8-14/h9-10,13-14H,5-8,17H2,1-4H3. The highest BCUT2D eigenvalue weighted by Gasteiger charge is 2.24. The fraction of sp³-hybridized carbons (Fsp3) is 0.625. The first-order valence-electron chi connectivity index (χ1n) is 7.16. The van der Waals surface area contributed by atoms with Crippen molar-refractivity contribution in [1.82, 2.24) is 0 Å². The third-order valence-electron chi connectivity index (χ3n) is 4.27. The Bertz CT molecular complexity index is 437. The molecule has 1 aromatic rings. The van der Waals surface area contributed by atoms with Crippen molar-refractivity contribution in [2.45, 2.75) is 51.6 Å². The fourth-order valence-corrected chi connectivity index (χ4v) is 3.20. The third kappa shape index (κ3) is 3.03. The second-order valence-electron chi connectivity index (χ2n) is 5.81. The van der Waals surface area contributed by atoms with Gasteiger partial charge in [-0.3, -0.25) is 0 Å². The predicted molar refractivity (Wildman–Crippen MR) is 81.1 cm³/mol. The molecule has 0 atom stereocenters. The van der Waals surface area contributed by atoms with Crippen LogP contribution in [0.1, 0.15) is 36.8 Å². The molecule has 106 valence electrons. The van der Waals surface area contributed by atoms with Crippen molar-refractivity contribution in [2.24, 2.45) is 5.73 Å². The molecule has 0 unspecified atom stereocenters. The maximum Gasteiger partial charge on any atom is 0.142 e. The summed E-state index contributed by atoms with van der Waals surface area (Å²) in [7, 11) is 3.93. The van der Waals surface area contributed by atoms with Crippen LogP contribution in [0, 0.1) is 13.8 Å². The molecule has 0 bridgehead atoms. The fourth-order valence-electron chi connectivity index (χ4n) is 3.20. The molecule has 1 aromatic carbocycles. The average Bonchev–Trinajstić information content (AvgIpc) is 2.38. The Morgan fingerprint density at radius 1 is 1.16 bits per heavy atom. The highest BCUT2D eigenvalue weighted by Crippen LogP contribution is 2.36. The first kappa shape index (κ1) is 14.2. The van der Waals surface area contributed by atoms with Crippen molar-refractivity contribution < 1.29 is 4.74 Å². The largest absolute Gasteiger partial charge is 0.495 e. The van der Waals surface area contributed by atoms with Crippen LogP contribution in [0.3, 0.4) is 0 Å². The van der Waals surface area contributed by atoms with Gasteiger partial charge in [-0.15, -0.1) is 0 Å². The number of benzene rings is 1. The zero-order valence-electron chi connectivity index (χ0n) is 12.6. The molecule has 0 amide bonds. The summed E-state index contributed by atoms with van der Waals surface area (Å²) in [5, 5.41) is 0. The predicted octanol–water partition coefficient (Wildman–Crippen LogP) is 3.02. The van der Waals surface area contributed by atoms with E-state index in [-0.39, 0.29) is 0 Å². The molecule has 0 saturated heterocycles. The molecular formula is C16H26N2O. The van der Waals surface area contributed by atoms with Crippen LogP contribution in [0.25, 0.3) is 0 Å². The maximum atomic E-state index is 6.00. The van der Waals surface area contributed by atoms with E-state index in [1.165, 1.54) is 29.7 Å². The Labute approximate surface area is 116 Å². The van der Waals surface area contributed by atoms with Gasteiger partial charge in [-0.1, -0.05) is 6.07 Å². The molecule has 2 N–H and O–H groups in total. The Balaban J connectivity index is 2.25. The third-order valence-corrected chi connectivity index (χ3v) is 4.27. The highest BCUT2D eigenvalue weighted by molar-refractivity contribution is 5.65. The van der Waals surface area contributed by atoms with Crippen molar-refractivity contribution >= 4 is 5.69 Å². The van der Waals surface area contributed by atoms with E-state index in [1.807, 2.05) is 0 Å². The monoisotopic (exact) mass is 262 g/mol. The lowest BCUT2D eigenvalue weighted by atomic mass is 9.90. The lowest BCUT2D eigenvalue weighted by molar-refractivity contribution is 0.377. The van der Waals surface area contributed by atoms with Crippen LogP contribution in [0.5, 0.6) is 5.75 Å².